The molecule has 1 unspecified atom stereocenters. The fourth-order valence-corrected chi connectivity index (χ4v) is 2.91. The lowest BCUT2D eigenvalue weighted by Crippen LogP contribution is -2.34. The molecule has 1 rings (SSSR count). The fraction of sp³-hybridized carbons (Fsp3) is 0.889. The Morgan fingerprint density at radius 2 is 1.68 bits per heavy atom. The van der Waals surface area contributed by atoms with Crippen molar-refractivity contribution < 1.29 is 0 Å². The summed E-state index contributed by atoms with van der Waals surface area (Å²) in [6.45, 7) is 15.2. The highest BCUT2D eigenvalue weighted by molar-refractivity contribution is 5.06. The molecule has 0 saturated carbocycles. The molecule has 1 heterocycles. The molecule has 0 radical (unpaired) electrons. The summed E-state index contributed by atoms with van der Waals surface area (Å²) >= 11 is 0. The number of rotatable bonds is 5. The molecule has 1 heteroatoms. The maximum Gasteiger partial charge on any atom is 0.0227 e. The van der Waals surface area contributed by atoms with Crippen LogP contribution in [0.3, 0.4) is 0 Å². The Morgan fingerprint density at radius 3 is 2.21 bits per heavy atom. The zero-order valence-electron chi connectivity index (χ0n) is 13.7. The number of nitrogens with zero attached hydrogens (tertiary/aromatic N) is 1. The Kier molecular flexibility index (Phi) is 7.54. The van der Waals surface area contributed by atoms with Crippen molar-refractivity contribution in [3.63, 3.8) is 0 Å². The van der Waals surface area contributed by atoms with E-state index in [2.05, 4.69) is 51.4 Å². The molecule has 0 aromatic carbocycles. The second kappa shape index (κ2) is 8.64. The fourth-order valence-electron chi connectivity index (χ4n) is 2.91. The zero-order chi connectivity index (χ0) is 14.3. The summed E-state index contributed by atoms with van der Waals surface area (Å²) in [5.74, 6) is 9.68. The van der Waals surface area contributed by atoms with Gasteiger partial charge in [0.15, 0.2) is 0 Å². The SMILES string of the molecule is CC(C)C#CC1CCN(CCC(C)CC(C)C)CC1. The first-order valence-electron chi connectivity index (χ1n) is 8.20. The lowest BCUT2D eigenvalue weighted by molar-refractivity contribution is 0.191. The first kappa shape index (κ1) is 16.6. The monoisotopic (exact) mass is 263 g/mol. The molecule has 0 N–H and O–H groups in total. The van der Waals surface area contributed by atoms with Crippen LogP contribution in [0, 0.1) is 35.5 Å². The molecule has 1 aliphatic heterocycles. The molecule has 110 valence electrons. The van der Waals surface area contributed by atoms with Gasteiger partial charge in [-0.1, -0.05) is 40.5 Å². The number of hydrogen-bond donors (Lipinski definition) is 0. The van der Waals surface area contributed by atoms with Crippen LogP contribution >= 0.6 is 0 Å². The number of piperidine rings is 1. The molecule has 0 spiro atoms. The summed E-state index contributed by atoms with van der Waals surface area (Å²) in [7, 11) is 0. The molecular weight excluding hydrogens is 230 g/mol. The smallest absolute Gasteiger partial charge is 0.0227 e. The van der Waals surface area contributed by atoms with Crippen LogP contribution in [-0.4, -0.2) is 24.5 Å². The van der Waals surface area contributed by atoms with E-state index in [-0.39, 0.29) is 0 Å². The third kappa shape index (κ3) is 7.63. The minimum atomic E-state index is 0.523. The molecule has 1 saturated heterocycles. The van der Waals surface area contributed by atoms with Gasteiger partial charge in [-0.2, -0.15) is 0 Å². The van der Waals surface area contributed by atoms with Crippen LogP contribution < -0.4 is 0 Å². The molecule has 1 aliphatic rings. The van der Waals surface area contributed by atoms with E-state index in [4.69, 9.17) is 0 Å². The van der Waals surface area contributed by atoms with E-state index in [1.165, 1.54) is 45.3 Å². The van der Waals surface area contributed by atoms with Crippen LogP contribution in [0.4, 0.5) is 0 Å². The predicted molar refractivity (Wildman–Crippen MR) is 85.0 cm³/mol. The van der Waals surface area contributed by atoms with Gasteiger partial charge in [0.25, 0.3) is 0 Å². The summed E-state index contributed by atoms with van der Waals surface area (Å²) in [4.78, 5) is 2.64. The molecule has 0 aromatic heterocycles. The second-order valence-electron chi connectivity index (χ2n) is 7.08. The summed E-state index contributed by atoms with van der Waals surface area (Å²) in [6.07, 6.45) is 5.29. The largest absolute Gasteiger partial charge is 0.303 e. The van der Waals surface area contributed by atoms with Gasteiger partial charge in [-0.25, -0.2) is 0 Å². The van der Waals surface area contributed by atoms with Crippen LogP contribution in [0.1, 0.15) is 60.3 Å². The van der Waals surface area contributed by atoms with E-state index in [0.717, 1.165) is 11.8 Å². The van der Waals surface area contributed by atoms with Crippen molar-refractivity contribution in [2.45, 2.75) is 60.3 Å². The minimum absolute atomic E-state index is 0.523. The van der Waals surface area contributed by atoms with Gasteiger partial charge >= 0.3 is 0 Å². The van der Waals surface area contributed by atoms with Crippen LogP contribution in [0.2, 0.25) is 0 Å². The van der Waals surface area contributed by atoms with Crippen molar-refractivity contribution in [1.29, 1.82) is 0 Å². The minimum Gasteiger partial charge on any atom is -0.303 e. The van der Waals surface area contributed by atoms with E-state index in [0.29, 0.717) is 11.8 Å². The molecule has 1 fully saturated rings. The van der Waals surface area contributed by atoms with Gasteiger partial charge in [-0.05, 0) is 57.2 Å². The summed E-state index contributed by atoms with van der Waals surface area (Å²) in [5, 5.41) is 0. The highest BCUT2D eigenvalue weighted by Crippen LogP contribution is 2.19. The summed E-state index contributed by atoms with van der Waals surface area (Å²) in [6, 6.07) is 0. The Balaban J connectivity index is 2.18. The van der Waals surface area contributed by atoms with Crippen molar-refractivity contribution in [3.05, 3.63) is 0 Å². The Hall–Kier alpha value is -0.480. The molecule has 19 heavy (non-hydrogen) atoms. The molecule has 0 bridgehead atoms. The third-order valence-electron chi connectivity index (χ3n) is 3.98. The quantitative estimate of drug-likeness (QED) is 0.663. The van der Waals surface area contributed by atoms with Crippen LogP contribution in [0.5, 0.6) is 0 Å². The van der Waals surface area contributed by atoms with E-state index in [1.807, 2.05) is 0 Å². The maximum absolute atomic E-state index is 3.46. The van der Waals surface area contributed by atoms with E-state index in [9.17, 15) is 0 Å². The first-order chi connectivity index (χ1) is 8.97. The Bertz CT molecular complexity index is 287. The third-order valence-corrected chi connectivity index (χ3v) is 3.98. The van der Waals surface area contributed by atoms with E-state index >= 15 is 0 Å². The molecule has 0 aromatic rings. The van der Waals surface area contributed by atoms with Crippen molar-refractivity contribution in [1.82, 2.24) is 4.90 Å². The molecule has 1 nitrogen and oxygen atoms in total. The Labute approximate surface area is 121 Å². The first-order valence-corrected chi connectivity index (χ1v) is 8.20. The molecule has 0 aliphatic carbocycles. The average Bonchev–Trinajstić information content (AvgIpc) is 2.34. The van der Waals surface area contributed by atoms with Crippen LogP contribution in [-0.2, 0) is 0 Å². The standard InChI is InChI=1S/C18H33N/c1-15(2)6-7-18-9-12-19(13-10-18)11-8-17(5)14-16(3)4/h15-18H,8-14H2,1-5H3. The average molecular weight is 263 g/mol. The Morgan fingerprint density at radius 1 is 1.05 bits per heavy atom. The van der Waals surface area contributed by atoms with Crippen molar-refractivity contribution >= 4 is 0 Å². The van der Waals surface area contributed by atoms with Crippen LogP contribution in [0.15, 0.2) is 0 Å². The normalized spacial score (nSPS) is 19.5. The highest BCUT2D eigenvalue weighted by atomic mass is 15.1. The maximum atomic E-state index is 3.46. The van der Waals surface area contributed by atoms with Gasteiger partial charge in [0.05, 0.1) is 0 Å². The summed E-state index contributed by atoms with van der Waals surface area (Å²) < 4.78 is 0. The van der Waals surface area contributed by atoms with Crippen LogP contribution in [0.25, 0.3) is 0 Å². The predicted octanol–water partition coefficient (Wildman–Crippen LogP) is 4.43. The summed E-state index contributed by atoms with van der Waals surface area (Å²) in [5.41, 5.74) is 0. The molecular formula is C18H33N. The van der Waals surface area contributed by atoms with E-state index < -0.39 is 0 Å². The van der Waals surface area contributed by atoms with Crippen molar-refractivity contribution in [3.8, 4) is 11.8 Å². The second-order valence-corrected chi connectivity index (χ2v) is 7.08. The van der Waals surface area contributed by atoms with Crippen molar-refractivity contribution in [2.24, 2.45) is 23.7 Å². The molecule has 1 atom stereocenters. The number of likely N-dealkylation sites (tertiary alicyclic amines) is 1. The highest BCUT2D eigenvalue weighted by Gasteiger charge is 2.18. The van der Waals surface area contributed by atoms with Gasteiger partial charge in [0.1, 0.15) is 0 Å². The lowest BCUT2D eigenvalue weighted by Gasteiger charge is -2.30. The number of hydrogen-bond acceptors (Lipinski definition) is 1. The van der Waals surface area contributed by atoms with Gasteiger partial charge < -0.3 is 4.90 Å². The van der Waals surface area contributed by atoms with E-state index in [1.54, 1.807) is 0 Å². The van der Waals surface area contributed by atoms with Gasteiger partial charge in [0, 0.05) is 11.8 Å². The van der Waals surface area contributed by atoms with Crippen molar-refractivity contribution in [2.75, 3.05) is 19.6 Å². The van der Waals surface area contributed by atoms with Gasteiger partial charge in [-0.15, -0.1) is 5.92 Å². The van der Waals surface area contributed by atoms with Gasteiger partial charge in [-0.3, -0.25) is 0 Å². The topological polar surface area (TPSA) is 3.24 Å². The zero-order valence-corrected chi connectivity index (χ0v) is 13.7. The lowest BCUT2D eigenvalue weighted by atomic mass is 9.94. The molecule has 0 amide bonds. The van der Waals surface area contributed by atoms with Gasteiger partial charge in [0.2, 0.25) is 0 Å².